The molecule has 1 heterocycles. The van der Waals surface area contributed by atoms with E-state index in [4.69, 9.17) is 28.0 Å². The minimum absolute atomic E-state index is 0.0902. The van der Waals surface area contributed by atoms with Crippen LogP contribution in [0.4, 0.5) is 0 Å². The Morgan fingerprint density at radius 2 is 1.56 bits per heavy atom. The monoisotopic (exact) mass is 382 g/mol. The second-order valence-electron chi connectivity index (χ2n) is 5.29. The molecule has 0 aromatic rings. The Morgan fingerprint density at radius 1 is 1.00 bits per heavy atom. The van der Waals surface area contributed by atoms with E-state index in [1.54, 1.807) is 0 Å². The predicted octanol–water partition coefficient (Wildman–Crippen LogP) is 1.01. The lowest BCUT2D eigenvalue weighted by Gasteiger charge is -2.41. The van der Waals surface area contributed by atoms with Crippen molar-refractivity contribution in [3.05, 3.63) is 0 Å². The van der Waals surface area contributed by atoms with Crippen molar-refractivity contribution in [3.63, 3.8) is 0 Å². The summed E-state index contributed by atoms with van der Waals surface area (Å²) in [4.78, 5) is 33.9. The first-order chi connectivity index (χ1) is 11.6. The maximum atomic E-state index is 12.6. The van der Waals surface area contributed by atoms with E-state index in [0.29, 0.717) is 0 Å². The molecular formula is C14H23O10P. The van der Waals surface area contributed by atoms with E-state index >= 15 is 0 Å². The van der Waals surface area contributed by atoms with E-state index in [9.17, 15) is 18.9 Å². The SMILES string of the molecule is COP(=O)(OC)[C@H]1C[C@@H](OC(C)=O)[C@H](OC(C)=O)[C@@H](COC(C)=O)O1. The Balaban J connectivity index is 3.14. The van der Waals surface area contributed by atoms with Crippen molar-refractivity contribution in [1.29, 1.82) is 0 Å². The number of carbonyl (C=O) groups is 3. The van der Waals surface area contributed by atoms with Gasteiger partial charge in [0.05, 0.1) is 0 Å². The lowest BCUT2D eigenvalue weighted by molar-refractivity contribution is -0.207. The standard InChI is InChI=1S/C14H23O10P/c1-8(15)21-7-12-14(23-10(3)17)11(22-9(2)16)6-13(24-12)25(18,19-4)20-5/h11-14H,6-7H2,1-5H3/t11-,12-,13+,14+/m1/s1. The molecule has 0 aromatic heterocycles. The van der Waals surface area contributed by atoms with Crippen molar-refractivity contribution in [2.45, 2.75) is 51.3 Å². The summed E-state index contributed by atoms with van der Waals surface area (Å²) in [6.07, 6.45) is -3.12. The average molecular weight is 382 g/mol. The average Bonchev–Trinajstić information content (AvgIpc) is 2.53. The van der Waals surface area contributed by atoms with Crippen LogP contribution in [0.15, 0.2) is 0 Å². The molecule has 10 nitrogen and oxygen atoms in total. The van der Waals surface area contributed by atoms with E-state index in [1.807, 2.05) is 0 Å². The van der Waals surface area contributed by atoms with Crippen molar-refractivity contribution < 1.29 is 46.9 Å². The minimum atomic E-state index is -3.68. The molecule has 0 amide bonds. The molecule has 1 aliphatic rings. The van der Waals surface area contributed by atoms with Crippen LogP contribution in [0.2, 0.25) is 0 Å². The fraction of sp³-hybridized carbons (Fsp3) is 0.786. The van der Waals surface area contributed by atoms with Gasteiger partial charge in [-0.15, -0.1) is 0 Å². The fourth-order valence-electron chi connectivity index (χ4n) is 2.43. The smallest absolute Gasteiger partial charge is 0.358 e. The number of carbonyl (C=O) groups excluding carboxylic acids is 3. The molecule has 11 heteroatoms. The molecule has 0 aliphatic carbocycles. The summed E-state index contributed by atoms with van der Waals surface area (Å²) in [5.74, 6) is -2.95. The topological polar surface area (TPSA) is 124 Å². The van der Waals surface area contributed by atoms with Crippen LogP contribution < -0.4 is 0 Å². The lowest BCUT2D eigenvalue weighted by Crippen LogP contribution is -2.53. The molecule has 1 aliphatic heterocycles. The molecule has 0 N–H and O–H groups in total. The molecule has 0 bridgehead atoms. The molecule has 0 aromatic carbocycles. The van der Waals surface area contributed by atoms with Gasteiger partial charge in [0.25, 0.3) is 0 Å². The molecule has 1 saturated heterocycles. The maximum absolute atomic E-state index is 12.6. The largest absolute Gasteiger partial charge is 0.463 e. The predicted molar refractivity (Wildman–Crippen MR) is 82.6 cm³/mol. The number of rotatable bonds is 7. The highest BCUT2D eigenvalue weighted by Gasteiger charge is 2.50. The third-order valence-corrected chi connectivity index (χ3v) is 5.49. The first-order valence-corrected chi connectivity index (χ1v) is 9.08. The second-order valence-corrected chi connectivity index (χ2v) is 7.68. The van der Waals surface area contributed by atoms with Crippen LogP contribution in [-0.4, -0.2) is 62.9 Å². The maximum Gasteiger partial charge on any atom is 0.358 e. The van der Waals surface area contributed by atoms with E-state index in [1.165, 1.54) is 35.0 Å². The van der Waals surface area contributed by atoms with Crippen LogP contribution in [0, 0.1) is 0 Å². The lowest BCUT2D eigenvalue weighted by atomic mass is 10.0. The molecule has 0 saturated carbocycles. The summed E-state index contributed by atoms with van der Waals surface area (Å²) >= 11 is 0. The Kier molecular flexibility index (Phi) is 8.01. The summed E-state index contributed by atoms with van der Waals surface area (Å²) in [5.41, 5.74) is 0. The van der Waals surface area contributed by atoms with Crippen LogP contribution in [0.5, 0.6) is 0 Å². The first kappa shape index (κ1) is 21.6. The van der Waals surface area contributed by atoms with Gasteiger partial charge in [0.1, 0.15) is 18.8 Å². The van der Waals surface area contributed by atoms with Crippen molar-refractivity contribution in [1.82, 2.24) is 0 Å². The summed E-state index contributed by atoms with van der Waals surface area (Å²) in [6.45, 7) is 3.26. The van der Waals surface area contributed by atoms with E-state index in [0.717, 1.165) is 0 Å². The van der Waals surface area contributed by atoms with Gasteiger partial charge in [-0.2, -0.15) is 0 Å². The van der Waals surface area contributed by atoms with Gasteiger partial charge in [0.2, 0.25) is 0 Å². The van der Waals surface area contributed by atoms with E-state index < -0.39 is 49.7 Å². The van der Waals surface area contributed by atoms with Gasteiger partial charge in [0.15, 0.2) is 11.9 Å². The van der Waals surface area contributed by atoms with Crippen molar-refractivity contribution >= 4 is 25.5 Å². The Bertz CT molecular complexity index is 540. The van der Waals surface area contributed by atoms with Crippen LogP contribution >= 0.6 is 7.60 Å². The summed E-state index contributed by atoms with van der Waals surface area (Å²) in [6, 6.07) is 0. The Hall–Kier alpha value is -1.48. The zero-order valence-corrected chi connectivity index (χ0v) is 15.6. The molecule has 0 unspecified atom stereocenters. The fourth-order valence-corrected chi connectivity index (χ4v) is 3.82. The number of ether oxygens (including phenoxy) is 4. The third kappa shape index (κ3) is 6.07. The van der Waals surface area contributed by atoms with Crippen LogP contribution in [-0.2, 0) is 46.9 Å². The van der Waals surface area contributed by atoms with Crippen LogP contribution in [0.1, 0.15) is 27.2 Å². The van der Waals surface area contributed by atoms with Gasteiger partial charge in [0, 0.05) is 41.4 Å². The van der Waals surface area contributed by atoms with Gasteiger partial charge >= 0.3 is 25.5 Å². The summed E-state index contributed by atoms with van der Waals surface area (Å²) < 4.78 is 43.4. The molecule has 4 atom stereocenters. The highest BCUT2D eigenvalue weighted by Crippen LogP contribution is 2.55. The molecule has 0 spiro atoms. The molecule has 1 fully saturated rings. The summed E-state index contributed by atoms with van der Waals surface area (Å²) in [5, 5.41) is 0. The Morgan fingerprint density at radius 3 is 2.00 bits per heavy atom. The zero-order valence-electron chi connectivity index (χ0n) is 14.8. The number of hydrogen-bond acceptors (Lipinski definition) is 10. The highest BCUT2D eigenvalue weighted by atomic mass is 31.2. The number of esters is 3. The molecule has 1 rings (SSSR count). The van der Waals surface area contributed by atoms with Gasteiger partial charge < -0.3 is 28.0 Å². The van der Waals surface area contributed by atoms with Crippen LogP contribution in [0.25, 0.3) is 0 Å². The van der Waals surface area contributed by atoms with Crippen molar-refractivity contribution in [3.8, 4) is 0 Å². The van der Waals surface area contributed by atoms with Gasteiger partial charge in [-0.3, -0.25) is 18.9 Å². The quantitative estimate of drug-likeness (QED) is 0.358. The molecule has 144 valence electrons. The van der Waals surface area contributed by atoms with Gasteiger partial charge in [-0.1, -0.05) is 0 Å². The van der Waals surface area contributed by atoms with Crippen molar-refractivity contribution in [2.75, 3.05) is 20.8 Å². The van der Waals surface area contributed by atoms with Crippen LogP contribution in [0.3, 0.4) is 0 Å². The minimum Gasteiger partial charge on any atom is -0.463 e. The molecular weight excluding hydrogens is 359 g/mol. The van der Waals surface area contributed by atoms with Gasteiger partial charge in [-0.25, -0.2) is 0 Å². The van der Waals surface area contributed by atoms with E-state index in [-0.39, 0.29) is 13.0 Å². The Labute approximate surface area is 145 Å². The van der Waals surface area contributed by atoms with Crippen molar-refractivity contribution in [2.24, 2.45) is 0 Å². The molecule has 25 heavy (non-hydrogen) atoms. The van der Waals surface area contributed by atoms with E-state index in [2.05, 4.69) is 0 Å². The number of hydrogen-bond donors (Lipinski definition) is 0. The normalized spacial score (nSPS) is 26.6. The molecule has 0 radical (unpaired) electrons. The third-order valence-electron chi connectivity index (χ3n) is 3.43. The highest BCUT2D eigenvalue weighted by molar-refractivity contribution is 7.54. The zero-order chi connectivity index (χ0) is 19.2. The van der Waals surface area contributed by atoms with Gasteiger partial charge in [-0.05, 0) is 0 Å². The first-order valence-electron chi connectivity index (χ1n) is 7.47. The summed E-state index contributed by atoms with van der Waals surface area (Å²) in [7, 11) is -1.30. The second kappa shape index (κ2) is 9.28.